The second-order valence-electron chi connectivity index (χ2n) is 10.3. The number of allylic oxidation sites excluding steroid dienone is 4. The Balaban J connectivity index is 1.62. The number of Topliss-reactive ketones (excluding diaryl/α,β-unsaturated/α-hetero) is 4. The van der Waals surface area contributed by atoms with E-state index in [1.807, 2.05) is 0 Å². The summed E-state index contributed by atoms with van der Waals surface area (Å²) in [6, 6.07) is 2.34. The first-order chi connectivity index (χ1) is 19.9. The van der Waals surface area contributed by atoms with E-state index < -0.39 is 104 Å². The molecule has 0 amide bonds. The molecule has 2 aromatic rings. The number of phenols is 2. The molecule has 0 saturated heterocycles. The Kier molecular flexibility index (Phi) is 5.85. The third kappa shape index (κ3) is 3.47. The number of carbonyl (C=O) groups is 6. The zero-order valence-corrected chi connectivity index (χ0v) is 22.7. The summed E-state index contributed by atoms with van der Waals surface area (Å²) in [6.07, 6.45) is -0.778. The molecule has 2 aliphatic heterocycles. The Hall–Kier alpha value is -5.26. The Morgan fingerprint density at radius 3 is 1.29 bits per heavy atom. The number of benzene rings is 2. The third-order valence-electron chi connectivity index (χ3n) is 7.70. The van der Waals surface area contributed by atoms with Gasteiger partial charge >= 0.3 is 11.9 Å². The molecule has 2 unspecified atom stereocenters. The summed E-state index contributed by atoms with van der Waals surface area (Å²) >= 11 is 0. The Morgan fingerprint density at radius 1 is 0.595 bits per heavy atom. The number of ketones is 4. The average Bonchev–Trinajstić information content (AvgIpc) is 2.90. The van der Waals surface area contributed by atoms with Crippen LogP contribution in [0.5, 0.6) is 11.5 Å². The van der Waals surface area contributed by atoms with Crippen LogP contribution in [0.3, 0.4) is 0 Å². The molecule has 0 bridgehead atoms. The van der Waals surface area contributed by atoms with E-state index in [0.29, 0.717) is 0 Å². The van der Waals surface area contributed by atoms with Gasteiger partial charge in [-0.25, -0.2) is 9.59 Å². The Bertz CT molecular complexity index is 1670. The number of rotatable bonds is 3. The summed E-state index contributed by atoms with van der Waals surface area (Å²) in [5.74, 6) is -8.74. The van der Waals surface area contributed by atoms with Crippen molar-refractivity contribution in [2.45, 2.75) is 38.9 Å². The van der Waals surface area contributed by atoms with E-state index in [0.717, 1.165) is 14.2 Å². The summed E-state index contributed by atoms with van der Waals surface area (Å²) in [5.41, 5.74) is -3.45. The lowest BCUT2D eigenvalue weighted by molar-refractivity contribution is 0.0288. The van der Waals surface area contributed by atoms with Crippen molar-refractivity contribution in [3.8, 4) is 11.5 Å². The second kappa shape index (κ2) is 9.13. The van der Waals surface area contributed by atoms with Crippen molar-refractivity contribution in [2.24, 2.45) is 0 Å². The molecule has 4 aliphatic rings. The summed E-state index contributed by atoms with van der Waals surface area (Å²) in [4.78, 5) is 81.4. The largest absolute Gasteiger partial charge is 0.507 e. The van der Waals surface area contributed by atoms with E-state index in [9.17, 15) is 39.0 Å². The first kappa shape index (κ1) is 26.9. The van der Waals surface area contributed by atoms with Crippen LogP contribution in [-0.4, -0.2) is 71.7 Å². The fourth-order valence-electron chi connectivity index (χ4n) is 6.09. The number of methoxy groups -OCH3 is 2. The molecule has 42 heavy (non-hydrogen) atoms. The highest BCUT2D eigenvalue weighted by Gasteiger charge is 2.49. The SMILES string of the molecule is COC1=C(C2=C(OC)C(=O)c3c(c(O)cc4c3C(=O)OC(C)C4)C2=O)C(=O)c2c(O)cc3c(c2C1=O)C(=O)OC(C)C3. The lowest BCUT2D eigenvalue weighted by atomic mass is 9.74. The fraction of sp³-hybridized carbons (Fsp3) is 0.267. The van der Waals surface area contributed by atoms with Crippen LogP contribution in [-0.2, 0) is 31.8 Å². The number of hydrogen-bond donors (Lipinski definition) is 2. The van der Waals surface area contributed by atoms with Gasteiger partial charge < -0.3 is 29.2 Å². The highest BCUT2D eigenvalue weighted by Crippen LogP contribution is 2.45. The predicted molar refractivity (Wildman–Crippen MR) is 139 cm³/mol. The molecule has 0 aromatic heterocycles. The van der Waals surface area contributed by atoms with Gasteiger partial charge in [-0.3, -0.25) is 19.2 Å². The molecule has 6 rings (SSSR count). The van der Waals surface area contributed by atoms with Gasteiger partial charge in [0.15, 0.2) is 11.5 Å². The first-order valence-corrected chi connectivity index (χ1v) is 12.9. The van der Waals surface area contributed by atoms with Crippen molar-refractivity contribution in [1.29, 1.82) is 0 Å². The van der Waals surface area contributed by atoms with Gasteiger partial charge in [0.1, 0.15) is 23.7 Å². The quantitative estimate of drug-likeness (QED) is 0.512. The van der Waals surface area contributed by atoms with E-state index in [4.69, 9.17) is 18.9 Å². The van der Waals surface area contributed by atoms with Gasteiger partial charge in [-0.2, -0.15) is 0 Å². The van der Waals surface area contributed by atoms with Crippen LogP contribution >= 0.6 is 0 Å². The van der Waals surface area contributed by atoms with Gasteiger partial charge in [0.05, 0.1) is 58.7 Å². The third-order valence-corrected chi connectivity index (χ3v) is 7.70. The molecule has 214 valence electrons. The van der Waals surface area contributed by atoms with E-state index in [-0.39, 0.29) is 35.1 Å². The van der Waals surface area contributed by atoms with Crippen LogP contribution in [0.15, 0.2) is 34.8 Å². The number of cyclic esters (lactones) is 2. The van der Waals surface area contributed by atoms with Crippen LogP contribution in [0.25, 0.3) is 0 Å². The van der Waals surface area contributed by atoms with E-state index in [1.54, 1.807) is 13.8 Å². The number of ether oxygens (including phenoxy) is 4. The number of esters is 2. The van der Waals surface area contributed by atoms with Gasteiger partial charge in [-0.05, 0) is 37.1 Å². The number of fused-ring (bicyclic) bond motifs is 6. The maximum atomic E-state index is 14.0. The van der Waals surface area contributed by atoms with Crippen molar-refractivity contribution in [3.63, 3.8) is 0 Å². The van der Waals surface area contributed by atoms with Crippen LogP contribution in [0, 0.1) is 0 Å². The van der Waals surface area contributed by atoms with Crippen molar-refractivity contribution in [3.05, 3.63) is 79.3 Å². The van der Waals surface area contributed by atoms with Crippen molar-refractivity contribution >= 4 is 35.1 Å². The predicted octanol–water partition coefficient (Wildman–Crippen LogP) is 2.56. The van der Waals surface area contributed by atoms with Gasteiger partial charge in [-0.15, -0.1) is 0 Å². The minimum Gasteiger partial charge on any atom is -0.507 e. The molecule has 0 radical (unpaired) electrons. The fourth-order valence-corrected chi connectivity index (χ4v) is 6.09. The molecule has 12 nitrogen and oxygen atoms in total. The molecule has 2 heterocycles. The molecular weight excluding hydrogens is 552 g/mol. The number of hydrogen-bond acceptors (Lipinski definition) is 12. The molecular formula is C30H22O12. The van der Waals surface area contributed by atoms with Crippen molar-refractivity contribution in [2.75, 3.05) is 14.2 Å². The maximum Gasteiger partial charge on any atom is 0.339 e. The molecule has 12 heteroatoms. The number of phenolic OH excluding ortho intramolecular Hbond substituents is 2. The van der Waals surface area contributed by atoms with Gasteiger partial charge in [0.2, 0.25) is 23.1 Å². The van der Waals surface area contributed by atoms with Crippen LogP contribution in [0.1, 0.15) is 87.1 Å². The van der Waals surface area contributed by atoms with Gasteiger partial charge in [0.25, 0.3) is 0 Å². The van der Waals surface area contributed by atoms with Crippen LogP contribution < -0.4 is 0 Å². The summed E-state index contributed by atoms with van der Waals surface area (Å²) in [5, 5.41) is 21.8. The zero-order chi connectivity index (χ0) is 30.4. The minimum absolute atomic E-state index is 0.163. The molecule has 2 aliphatic carbocycles. The van der Waals surface area contributed by atoms with E-state index in [2.05, 4.69) is 0 Å². The molecule has 2 aromatic carbocycles. The molecule has 0 saturated carbocycles. The normalized spacial score (nSPS) is 21.3. The van der Waals surface area contributed by atoms with E-state index >= 15 is 0 Å². The average molecular weight is 574 g/mol. The summed E-state index contributed by atoms with van der Waals surface area (Å²) < 4.78 is 21.1. The number of aromatic hydroxyl groups is 2. The number of carbonyl (C=O) groups excluding carboxylic acids is 6. The highest BCUT2D eigenvalue weighted by molar-refractivity contribution is 6.39. The monoisotopic (exact) mass is 574 g/mol. The topological polar surface area (TPSA) is 180 Å². The summed E-state index contributed by atoms with van der Waals surface area (Å²) in [7, 11) is 2.09. The molecule has 0 spiro atoms. The van der Waals surface area contributed by atoms with Crippen molar-refractivity contribution in [1.82, 2.24) is 0 Å². The lowest BCUT2D eigenvalue weighted by Gasteiger charge is -2.30. The summed E-state index contributed by atoms with van der Waals surface area (Å²) in [6.45, 7) is 3.25. The van der Waals surface area contributed by atoms with Gasteiger partial charge in [0, 0.05) is 12.8 Å². The highest BCUT2D eigenvalue weighted by atomic mass is 16.5. The standard InChI is InChI=1S/C30H22O12/c1-9-5-11-7-13(31)17-19(15(11)29(37)41-9)25(35)27(39-3)21(23(17)33)22-24(34)18-14(32)8-12-6-10(2)42-30(38)16(12)20(18)26(36)28(22)40-4/h7-10,31-32H,5-6H2,1-4H3. The molecule has 2 atom stereocenters. The van der Waals surface area contributed by atoms with Crippen LogP contribution in [0.4, 0.5) is 0 Å². The molecule has 2 N–H and O–H groups in total. The lowest BCUT2D eigenvalue weighted by Crippen LogP contribution is -2.36. The minimum atomic E-state index is -1.12. The smallest absolute Gasteiger partial charge is 0.339 e. The Morgan fingerprint density at radius 2 is 0.952 bits per heavy atom. The Labute approximate surface area is 237 Å². The second-order valence-corrected chi connectivity index (χ2v) is 10.3. The van der Waals surface area contributed by atoms with Crippen LogP contribution in [0.2, 0.25) is 0 Å². The maximum absolute atomic E-state index is 14.0. The van der Waals surface area contributed by atoms with Gasteiger partial charge in [-0.1, -0.05) is 0 Å². The van der Waals surface area contributed by atoms with E-state index in [1.165, 1.54) is 12.1 Å². The first-order valence-electron chi connectivity index (χ1n) is 12.9. The zero-order valence-electron chi connectivity index (χ0n) is 22.7. The van der Waals surface area contributed by atoms with Crippen molar-refractivity contribution < 1.29 is 57.9 Å². The molecule has 0 fully saturated rings.